The highest BCUT2D eigenvalue weighted by atomic mass is 19.1. The van der Waals surface area contributed by atoms with E-state index < -0.39 is 0 Å². The maximum Gasteiger partial charge on any atom is 0.123 e. The molecule has 0 spiro atoms. The summed E-state index contributed by atoms with van der Waals surface area (Å²) >= 11 is 0. The van der Waals surface area contributed by atoms with Gasteiger partial charge in [-0.25, -0.2) is 4.39 Å². The Morgan fingerprint density at radius 1 is 1.16 bits per heavy atom. The van der Waals surface area contributed by atoms with Gasteiger partial charge in [-0.2, -0.15) is 0 Å². The topological polar surface area (TPSA) is 15.3 Å². The number of halogens is 1. The Morgan fingerprint density at radius 3 is 2.32 bits per heavy atom. The fourth-order valence-electron chi connectivity index (χ4n) is 2.21. The molecule has 0 aliphatic carbocycles. The van der Waals surface area contributed by atoms with Crippen molar-refractivity contribution < 1.29 is 4.39 Å². The quantitative estimate of drug-likeness (QED) is 0.722. The third kappa shape index (κ3) is 5.60. The molecule has 0 radical (unpaired) electrons. The molecule has 0 fully saturated rings. The lowest BCUT2D eigenvalue weighted by Crippen LogP contribution is -2.40. The van der Waals surface area contributed by atoms with Crippen molar-refractivity contribution in [3.8, 4) is 0 Å². The standard InChI is InChI=1S/C16H27FN2/c1-5-11-18-12-16(3,4)13-19(6-2)15-9-7-14(17)8-10-15/h7-10,18H,5-6,11-13H2,1-4H3. The highest BCUT2D eigenvalue weighted by Gasteiger charge is 2.21. The van der Waals surface area contributed by atoms with E-state index in [1.165, 1.54) is 12.1 Å². The summed E-state index contributed by atoms with van der Waals surface area (Å²) in [4.78, 5) is 2.30. The van der Waals surface area contributed by atoms with Gasteiger partial charge in [0.1, 0.15) is 5.82 Å². The highest BCUT2D eigenvalue weighted by molar-refractivity contribution is 5.46. The zero-order valence-electron chi connectivity index (χ0n) is 12.7. The van der Waals surface area contributed by atoms with Crippen molar-refractivity contribution in [1.29, 1.82) is 0 Å². The Balaban J connectivity index is 2.62. The number of rotatable bonds is 8. The number of benzene rings is 1. The van der Waals surface area contributed by atoms with Gasteiger partial charge in [-0.3, -0.25) is 0 Å². The Morgan fingerprint density at radius 2 is 1.79 bits per heavy atom. The van der Waals surface area contributed by atoms with E-state index in [2.05, 4.69) is 37.9 Å². The fourth-order valence-corrected chi connectivity index (χ4v) is 2.21. The minimum atomic E-state index is -0.177. The Hall–Kier alpha value is -1.09. The molecule has 0 atom stereocenters. The van der Waals surface area contributed by atoms with Gasteiger partial charge in [0.25, 0.3) is 0 Å². The first-order valence-corrected chi connectivity index (χ1v) is 7.19. The molecule has 1 aromatic carbocycles. The van der Waals surface area contributed by atoms with Crippen LogP contribution in [0.25, 0.3) is 0 Å². The van der Waals surface area contributed by atoms with Crippen LogP contribution in [0.15, 0.2) is 24.3 Å². The van der Waals surface area contributed by atoms with Crippen LogP contribution >= 0.6 is 0 Å². The van der Waals surface area contributed by atoms with Crippen LogP contribution in [0.3, 0.4) is 0 Å². The Kier molecular flexibility index (Phi) is 6.29. The number of nitrogens with zero attached hydrogens (tertiary/aromatic N) is 1. The summed E-state index contributed by atoms with van der Waals surface area (Å²) in [6.07, 6.45) is 1.16. The van der Waals surface area contributed by atoms with Crippen molar-refractivity contribution in [1.82, 2.24) is 5.32 Å². The summed E-state index contributed by atoms with van der Waals surface area (Å²) in [5.74, 6) is -0.177. The zero-order chi connectivity index (χ0) is 14.3. The molecular weight excluding hydrogens is 239 g/mol. The molecule has 3 heteroatoms. The molecule has 0 aliphatic heterocycles. The van der Waals surface area contributed by atoms with E-state index in [0.29, 0.717) is 0 Å². The van der Waals surface area contributed by atoms with Gasteiger partial charge in [0.05, 0.1) is 0 Å². The minimum Gasteiger partial charge on any atom is -0.371 e. The predicted molar refractivity (Wildman–Crippen MR) is 81.2 cm³/mol. The van der Waals surface area contributed by atoms with Crippen LogP contribution in [0.1, 0.15) is 34.1 Å². The third-order valence-electron chi connectivity index (χ3n) is 3.22. The van der Waals surface area contributed by atoms with Crippen molar-refractivity contribution in [3.63, 3.8) is 0 Å². The van der Waals surface area contributed by atoms with E-state index in [4.69, 9.17) is 0 Å². The normalized spacial score (nSPS) is 11.6. The fraction of sp³-hybridized carbons (Fsp3) is 0.625. The van der Waals surface area contributed by atoms with Crippen LogP contribution in [0.2, 0.25) is 0 Å². The average molecular weight is 266 g/mol. The number of anilines is 1. The van der Waals surface area contributed by atoms with Gasteiger partial charge in [-0.15, -0.1) is 0 Å². The minimum absolute atomic E-state index is 0.177. The predicted octanol–water partition coefficient (Wildman–Crippen LogP) is 3.68. The van der Waals surface area contributed by atoms with E-state index in [1.807, 2.05) is 12.1 Å². The van der Waals surface area contributed by atoms with Gasteiger partial charge in [0, 0.05) is 25.3 Å². The molecule has 19 heavy (non-hydrogen) atoms. The maximum atomic E-state index is 13.0. The van der Waals surface area contributed by atoms with E-state index in [9.17, 15) is 4.39 Å². The third-order valence-corrected chi connectivity index (χ3v) is 3.22. The molecule has 0 amide bonds. The van der Waals surface area contributed by atoms with Gasteiger partial charge in [0.2, 0.25) is 0 Å². The average Bonchev–Trinajstić information content (AvgIpc) is 2.37. The number of hydrogen-bond acceptors (Lipinski definition) is 2. The molecule has 0 unspecified atom stereocenters. The molecule has 1 N–H and O–H groups in total. The summed E-state index contributed by atoms with van der Waals surface area (Å²) in [6.45, 7) is 12.8. The lowest BCUT2D eigenvalue weighted by molar-refractivity contribution is 0.343. The van der Waals surface area contributed by atoms with Crippen molar-refractivity contribution in [2.75, 3.05) is 31.1 Å². The molecule has 0 aliphatic rings. The van der Waals surface area contributed by atoms with E-state index in [0.717, 1.165) is 38.3 Å². The second-order valence-corrected chi connectivity index (χ2v) is 5.83. The highest BCUT2D eigenvalue weighted by Crippen LogP contribution is 2.21. The molecule has 0 saturated carbocycles. The van der Waals surface area contributed by atoms with Crippen LogP contribution < -0.4 is 10.2 Å². The molecule has 2 nitrogen and oxygen atoms in total. The van der Waals surface area contributed by atoms with Gasteiger partial charge in [0.15, 0.2) is 0 Å². The lowest BCUT2D eigenvalue weighted by atomic mass is 9.92. The molecule has 0 saturated heterocycles. The van der Waals surface area contributed by atoms with Crippen LogP contribution in [-0.2, 0) is 0 Å². The molecule has 0 aromatic heterocycles. The summed E-state index contributed by atoms with van der Waals surface area (Å²) in [5, 5.41) is 3.48. The summed E-state index contributed by atoms with van der Waals surface area (Å²) < 4.78 is 13.0. The van der Waals surface area contributed by atoms with Gasteiger partial charge in [-0.05, 0) is 49.6 Å². The summed E-state index contributed by atoms with van der Waals surface area (Å²) in [6, 6.07) is 6.77. The first-order chi connectivity index (χ1) is 8.98. The van der Waals surface area contributed by atoms with E-state index in [1.54, 1.807) is 0 Å². The smallest absolute Gasteiger partial charge is 0.123 e. The van der Waals surface area contributed by atoms with Crippen molar-refractivity contribution in [2.24, 2.45) is 5.41 Å². The molecular formula is C16H27FN2. The largest absolute Gasteiger partial charge is 0.371 e. The molecule has 0 bridgehead atoms. The van der Waals surface area contributed by atoms with Crippen LogP contribution in [0, 0.1) is 11.2 Å². The van der Waals surface area contributed by atoms with Crippen molar-refractivity contribution in [3.05, 3.63) is 30.1 Å². The molecule has 108 valence electrons. The van der Waals surface area contributed by atoms with Gasteiger partial charge in [-0.1, -0.05) is 20.8 Å². The van der Waals surface area contributed by atoms with Gasteiger partial charge < -0.3 is 10.2 Å². The summed E-state index contributed by atoms with van der Waals surface area (Å²) in [7, 11) is 0. The monoisotopic (exact) mass is 266 g/mol. The van der Waals surface area contributed by atoms with Gasteiger partial charge >= 0.3 is 0 Å². The number of nitrogens with one attached hydrogen (secondary N) is 1. The maximum absolute atomic E-state index is 13.0. The molecule has 1 rings (SSSR count). The second-order valence-electron chi connectivity index (χ2n) is 5.83. The first kappa shape index (κ1) is 16.0. The van der Waals surface area contributed by atoms with Crippen LogP contribution in [-0.4, -0.2) is 26.2 Å². The Bertz CT molecular complexity index is 360. The number of hydrogen-bond donors (Lipinski definition) is 1. The lowest BCUT2D eigenvalue weighted by Gasteiger charge is -2.34. The zero-order valence-corrected chi connectivity index (χ0v) is 12.7. The Labute approximate surface area is 117 Å². The second kappa shape index (κ2) is 7.49. The van der Waals surface area contributed by atoms with Crippen LogP contribution in [0.5, 0.6) is 0 Å². The van der Waals surface area contributed by atoms with Crippen molar-refractivity contribution in [2.45, 2.75) is 34.1 Å². The van der Waals surface area contributed by atoms with Crippen LogP contribution in [0.4, 0.5) is 10.1 Å². The first-order valence-electron chi connectivity index (χ1n) is 7.19. The van der Waals surface area contributed by atoms with Crippen molar-refractivity contribution >= 4 is 5.69 Å². The summed E-state index contributed by atoms with van der Waals surface area (Å²) in [5.41, 5.74) is 1.28. The van der Waals surface area contributed by atoms with E-state index in [-0.39, 0.29) is 11.2 Å². The SMILES string of the molecule is CCCNCC(C)(C)CN(CC)c1ccc(F)cc1. The van der Waals surface area contributed by atoms with E-state index >= 15 is 0 Å². The molecule has 0 heterocycles. The molecule has 1 aromatic rings.